The fraction of sp³-hybridized carbons (Fsp3) is 0.0769. The minimum absolute atomic E-state index is 0.0428. The predicted octanol–water partition coefficient (Wildman–Crippen LogP) is 3.30. The zero-order valence-electron chi connectivity index (χ0n) is 9.71. The fourth-order valence-electron chi connectivity index (χ4n) is 1.56. The lowest BCUT2D eigenvalue weighted by molar-refractivity contribution is 0.415. The van der Waals surface area contributed by atoms with E-state index >= 15 is 0 Å². The standard InChI is InChI=1S/C13H12F2N2O/c1-18-10-4-2-3-9(7-10)17-13-11(14)5-8(16)6-12(13)15/h2-7,17H,16H2,1H3. The molecular weight excluding hydrogens is 238 g/mol. The number of halogens is 2. The topological polar surface area (TPSA) is 47.3 Å². The van der Waals surface area contributed by atoms with E-state index in [-0.39, 0.29) is 11.4 Å². The summed E-state index contributed by atoms with van der Waals surface area (Å²) in [5.41, 5.74) is 5.67. The molecule has 0 unspecified atom stereocenters. The van der Waals surface area contributed by atoms with Gasteiger partial charge in [-0.1, -0.05) is 6.07 Å². The van der Waals surface area contributed by atoms with Gasteiger partial charge in [0.05, 0.1) is 7.11 Å². The van der Waals surface area contributed by atoms with Crippen LogP contribution in [-0.2, 0) is 0 Å². The summed E-state index contributed by atoms with van der Waals surface area (Å²) in [6.45, 7) is 0. The Balaban J connectivity index is 2.33. The summed E-state index contributed by atoms with van der Waals surface area (Å²) in [5, 5.41) is 2.66. The van der Waals surface area contributed by atoms with Crippen LogP contribution in [0.3, 0.4) is 0 Å². The first kappa shape index (κ1) is 12.2. The Kier molecular flexibility index (Phi) is 3.32. The summed E-state index contributed by atoms with van der Waals surface area (Å²) in [6, 6.07) is 8.89. The van der Waals surface area contributed by atoms with Gasteiger partial charge in [0.1, 0.15) is 11.4 Å². The van der Waals surface area contributed by atoms with Gasteiger partial charge >= 0.3 is 0 Å². The Hall–Kier alpha value is -2.30. The molecule has 0 aliphatic carbocycles. The lowest BCUT2D eigenvalue weighted by Crippen LogP contribution is -1.99. The van der Waals surface area contributed by atoms with E-state index in [1.807, 2.05) is 0 Å². The molecule has 0 radical (unpaired) electrons. The summed E-state index contributed by atoms with van der Waals surface area (Å²) >= 11 is 0. The smallest absolute Gasteiger partial charge is 0.151 e. The molecule has 0 spiro atoms. The van der Waals surface area contributed by atoms with Crippen LogP contribution in [0, 0.1) is 11.6 Å². The van der Waals surface area contributed by atoms with E-state index in [0.717, 1.165) is 12.1 Å². The highest BCUT2D eigenvalue weighted by molar-refractivity contribution is 5.64. The van der Waals surface area contributed by atoms with Crippen molar-refractivity contribution in [2.45, 2.75) is 0 Å². The maximum absolute atomic E-state index is 13.6. The van der Waals surface area contributed by atoms with Gasteiger partial charge in [-0.05, 0) is 24.3 Å². The molecule has 0 aliphatic heterocycles. The van der Waals surface area contributed by atoms with Crippen molar-refractivity contribution in [3.63, 3.8) is 0 Å². The van der Waals surface area contributed by atoms with Crippen LogP contribution in [0.5, 0.6) is 5.75 Å². The summed E-state index contributed by atoms with van der Waals surface area (Å²) < 4.78 is 32.2. The molecule has 0 aromatic heterocycles. The van der Waals surface area contributed by atoms with Gasteiger partial charge in [0.2, 0.25) is 0 Å². The van der Waals surface area contributed by atoms with Crippen LogP contribution in [0.2, 0.25) is 0 Å². The number of nitrogen functional groups attached to an aromatic ring is 1. The molecule has 18 heavy (non-hydrogen) atoms. The summed E-state index contributed by atoms with van der Waals surface area (Å²) in [4.78, 5) is 0. The Morgan fingerprint density at radius 3 is 2.39 bits per heavy atom. The first-order valence-electron chi connectivity index (χ1n) is 5.26. The molecule has 0 heterocycles. The Labute approximate surface area is 103 Å². The number of ether oxygens (including phenoxy) is 1. The van der Waals surface area contributed by atoms with Gasteiger partial charge in [-0.2, -0.15) is 0 Å². The molecule has 3 N–H and O–H groups in total. The molecule has 0 bridgehead atoms. The molecule has 3 nitrogen and oxygen atoms in total. The van der Waals surface area contributed by atoms with Gasteiger partial charge in [0, 0.05) is 17.4 Å². The van der Waals surface area contributed by atoms with Gasteiger partial charge < -0.3 is 15.8 Å². The highest BCUT2D eigenvalue weighted by Crippen LogP contribution is 2.27. The van der Waals surface area contributed by atoms with Crippen molar-refractivity contribution in [1.82, 2.24) is 0 Å². The van der Waals surface area contributed by atoms with Crippen LogP contribution < -0.4 is 15.8 Å². The van der Waals surface area contributed by atoms with Crippen molar-refractivity contribution < 1.29 is 13.5 Å². The second-order valence-corrected chi connectivity index (χ2v) is 3.72. The molecule has 0 saturated heterocycles. The SMILES string of the molecule is COc1cccc(Nc2c(F)cc(N)cc2F)c1. The molecule has 0 saturated carbocycles. The molecule has 0 fully saturated rings. The van der Waals surface area contributed by atoms with E-state index in [4.69, 9.17) is 10.5 Å². The van der Waals surface area contributed by atoms with Crippen LogP contribution in [0.1, 0.15) is 0 Å². The second-order valence-electron chi connectivity index (χ2n) is 3.72. The number of rotatable bonds is 3. The zero-order chi connectivity index (χ0) is 13.1. The quantitative estimate of drug-likeness (QED) is 0.822. The monoisotopic (exact) mass is 250 g/mol. The number of anilines is 3. The van der Waals surface area contributed by atoms with Crippen LogP contribution >= 0.6 is 0 Å². The number of nitrogens with two attached hydrogens (primary N) is 1. The van der Waals surface area contributed by atoms with E-state index < -0.39 is 11.6 Å². The molecule has 0 aliphatic rings. The lowest BCUT2D eigenvalue weighted by atomic mass is 10.2. The number of methoxy groups -OCH3 is 1. The molecule has 94 valence electrons. The molecule has 2 aromatic rings. The molecule has 2 aromatic carbocycles. The minimum atomic E-state index is -0.740. The summed E-state index contributed by atoms with van der Waals surface area (Å²) in [5.74, 6) is -0.887. The lowest BCUT2D eigenvalue weighted by Gasteiger charge is -2.10. The predicted molar refractivity (Wildman–Crippen MR) is 67.0 cm³/mol. The number of benzene rings is 2. The minimum Gasteiger partial charge on any atom is -0.497 e. The Morgan fingerprint density at radius 1 is 1.11 bits per heavy atom. The molecule has 2 rings (SSSR count). The Morgan fingerprint density at radius 2 is 1.78 bits per heavy atom. The van der Waals surface area contributed by atoms with Crippen molar-refractivity contribution >= 4 is 17.1 Å². The maximum Gasteiger partial charge on any atom is 0.151 e. The van der Waals surface area contributed by atoms with E-state index in [1.165, 1.54) is 7.11 Å². The van der Waals surface area contributed by atoms with Crippen LogP contribution in [0.25, 0.3) is 0 Å². The van der Waals surface area contributed by atoms with Crippen molar-refractivity contribution in [3.8, 4) is 5.75 Å². The van der Waals surface area contributed by atoms with Crippen molar-refractivity contribution in [3.05, 3.63) is 48.0 Å². The Bertz CT molecular complexity index is 550. The van der Waals surface area contributed by atoms with Crippen molar-refractivity contribution in [1.29, 1.82) is 0 Å². The van der Waals surface area contributed by atoms with Crippen LogP contribution in [0.4, 0.5) is 25.8 Å². The number of nitrogens with one attached hydrogen (secondary N) is 1. The first-order valence-corrected chi connectivity index (χ1v) is 5.26. The number of hydrogen-bond donors (Lipinski definition) is 2. The molecule has 0 amide bonds. The average Bonchev–Trinajstić information content (AvgIpc) is 2.34. The average molecular weight is 250 g/mol. The second kappa shape index (κ2) is 4.91. The van der Waals surface area contributed by atoms with Gasteiger partial charge in [-0.25, -0.2) is 8.78 Å². The third-order valence-electron chi connectivity index (χ3n) is 2.40. The van der Waals surface area contributed by atoms with Gasteiger partial charge in [-0.3, -0.25) is 0 Å². The summed E-state index contributed by atoms with van der Waals surface area (Å²) in [7, 11) is 1.52. The van der Waals surface area contributed by atoms with Crippen molar-refractivity contribution in [2.75, 3.05) is 18.2 Å². The molecule has 0 atom stereocenters. The third kappa shape index (κ3) is 2.51. The third-order valence-corrected chi connectivity index (χ3v) is 2.40. The van der Waals surface area contributed by atoms with E-state index in [1.54, 1.807) is 24.3 Å². The van der Waals surface area contributed by atoms with Gasteiger partial charge in [-0.15, -0.1) is 0 Å². The van der Waals surface area contributed by atoms with Crippen molar-refractivity contribution in [2.24, 2.45) is 0 Å². The molecule has 5 heteroatoms. The van der Waals surface area contributed by atoms with Crippen LogP contribution in [-0.4, -0.2) is 7.11 Å². The van der Waals surface area contributed by atoms with E-state index in [2.05, 4.69) is 5.32 Å². The highest BCUT2D eigenvalue weighted by Gasteiger charge is 2.10. The number of hydrogen-bond acceptors (Lipinski definition) is 3. The fourth-order valence-corrected chi connectivity index (χ4v) is 1.56. The maximum atomic E-state index is 13.6. The first-order chi connectivity index (χ1) is 8.60. The van der Waals surface area contributed by atoms with E-state index in [0.29, 0.717) is 11.4 Å². The summed E-state index contributed by atoms with van der Waals surface area (Å²) in [6.07, 6.45) is 0. The molecular formula is C13H12F2N2O. The highest BCUT2D eigenvalue weighted by atomic mass is 19.1. The van der Waals surface area contributed by atoms with Gasteiger partial charge in [0.25, 0.3) is 0 Å². The van der Waals surface area contributed by atoms with Crippen LogP contribution in [0.15, 0.2) is 36.4 Å². The van der Waals surface area contributed by atoms with E-state index in [9.17, 15) is 8.78 Å². The van der Waals surface area contributed by atoms with Gasteiger partial charge in [0.15, 0.2) is 11.6 Å². The largest absolute Gasteiger partial charge is 0.497 e. The zero-order valence-corrected chi connectivity index (χ0v) is 9.71. The normalized spacial score (nSPS) is 10.2.